The van der Waals surface area contributed by atoms with Crippen molar-refractivity contribution in [2.75, 3.05) is 26.8 Å². The molecule has 2 aromatic rings. The van der Waals surface area contributed by atoms with Gasteiger partial charge in [-0.25, -0.2) is 13.4 Å². The summed E-state index contributed by atoms with van der Waals surface area (Å²) in [6, 6.07) is 5.18. The fraction of sp³-hybridized carbons (Fsp3) is 0.308. The zero-order valence-electron chi connectivity index (χ0n) is 11.6. The molecule has 114 valence electrons. The number of ether oxygens (including phenoxy) is 1. The Balaban J connectivity index is 2.53. The Morgan fingerprint density at radius 2 is 2.29 bits per heavy atom. The molecule has 2 aromatic heterocycles. The van der Waals surface area contributed by atoms with Crippen LogP contribution in [0.5, 0.6) is 0 Å². The van der Waals surface area contributed by atoms with E-state index in [1.54, 1.807) is 24.4 Å². The lowest BCUT2D eigenvalue weighted by Gasteiger charge is -2.20. The molecule has 2 rings (SSSR count). The molecule has 0 spiro atoms. The molecule has 2 heterocycles. The normalized spacial score (nSPS) is 12.1. The van der Waals surface area contributed by atoms with E-state index in [0.717, 1.165) is 0 Å². The van der Waals surface area contributed by atoms with E-state index in [2.05, 4.69) is 11.6 Å². The molecule has 0 bridgehead atoms. The van der Waals surface area contributed by atoms with Crippen molar-refractivity contribution in [1.82, 2.24) is 13.7 Å². The van der Waals surface area contributed by atoms with Gasteiger partial charge >= 0.3 is 0 Å². The third kappa shape index (κ3) is 3.11. The van der Waals surface area contributed by atoms with Crippen LogP contribution in [-0.4, -0.2) is 48.9 Å². The predicted octanol–water partition coefficient (Wildman–Crippen LogP) is 1.81. The lowest BCUT2D eigenvalue weighted by atomic mass is 10.5. The predicted molar refractivity (Wildman–Crippen MR) is 81.0 cm³/mol. The van der Waals surface area contributed by atoms with Crippen LogP contribution in [0.25, 0.3) is 5.65 Å². The Morgan fingerprint density at radius 1 is 1.52 bits per heavy atom. The molecule has 0 fully saturated rings. The van der Waals surface area contributed by atoms with Gasteiger partial charge in [0, 0.05) is 26.4 Å². The first-order valence-corrected chi connectivity index (χ1v) is 8.06. The van der Waals surface area contributed by atoms with Gasteiger partial charge in [0.25, 0.3) is 10.0 Å². The van der Waals surface area contributed by atoms with Gasteiger partial charge in [0.05, 0.1) is 6.61 Å². The van der Waals surface area contributed by atoms with Crippen molar-refractivity contribution in [3.63, 3.8) is 0 Å². The lowest BCUT2D eigenvalue weighted by Crippen LogP contribution is -2.34. The van der Waals surface area contributed by atoms with Crippen molar-refractivity contribution < 1.29 is 13.2 Å². The third-order valence-electron chi connectivity index (χ3n) is 2.91. The molecule has 0 unspecified atom stereocenters. The maximum Gasteiger partial charge on any atom is 0.262 e. The first-order valence-electron chi connectivity index (χ1n) is 6.25. The van der Waals surface area contributed by atoms with E-state index in [0.29, 0.717) is 5.65 Å². The Morgan fingerprint density at radius 3 is 2.95 bits per heavy atom. The van der Waals surface area contributed by atoms with E-state index >= 15 is 0 Å². The first kappa shape index (κ1) is 16.0. The summed E-state index contributed by atoms with van der Waals surface area (Å²) in [7, 11) is -2.28. The molecule has 0 aromatic carbocycles. The SMILES string of the molecule is C=CCN(CCOC)S(=O)(=O)c1c(Cl)nc2ccccn12. The van der Waals surface area contributed by atoms with Crippen LogP contribution in [-0.2, 0) is 14.8 Å². The highest BCUT2D eigenvalue weighted by Crippen LogP contribution is 2.25. The van der Waals surface area contributed by atoms with Crippen LogP contribution in [0.15, 0.2) is 42.1 Å². The average molecular weight is 330 g/mol. The molecule has 0 N–H and O–H groups in total. The Labute approximate surface area is 128 Å². The molecule has 0 atom stereocenters. The van der Waals surface area contributed by atoms with Crippen molar-refractivity contribution in [3.05, 3.63) is 42.2 Å². The summed E-state index contributed by atoms with van der Waals surface area (Å²) >= 11 is 6.04. The van der Waals surface area contributed by atoms with Crippen LogP contribution in [0, 0.1) is 0 Å². The van der Waals surface area contributed by atoms with Crippen LogP contribution in [0.3, 0.4) is 0 Å². The third-order valence-corrected chi connectivity index (χ3v) is 5.17. The smallest absolute Gasteiger partial charge is 0.262 e. The maximum atomic E-state index is 12.8. The monoisotopic (exact) mass is 329 g/mol. The average Bonchev–Trinajstić information content (AvgIpc) is 2.79. The molecular formula is C13H16ClN3O3S. The number of halogens is 1. The molecule has 0 saturated heterocycles. The van der Waals surface area contributed by atoms with Gasteiger partial charge in [0.1, 0.15) is 5.65 Å². The zero-order valence-corrected chi connectivity index (χ0v) is 13.1. The molecule has 6 nitrogen and oxygen atoms in total. The molecule has 0 amide bonds. The Bertz CT molecular complexity index is 742. The Hall–Kier alpha value is -1.41. The summed E-state index contributed by atoms with van der Waals surface area (Å²) in [6.45, 7) is 4.24. The van der Waals surface area contributed by atoms with Gasteiger partial charge in [-0.15, -0.1) is 6.58 Å². The number of fused-ring (bicyclic) bond motifs is 1. The van der Waals surface area contributed by atoms with Crippen molar-refractivity contribution in [2.45, 2.75) is 5.03 Å². The van der Waals surface area contributed by atoms with E-state index in [-0.39, 0.29) is 29.9 Å². The van der Waals surface area contributed by atoms with E-state index < -0.39 is 10.0 Å². The highest BCUT2D eigenvalue weighted by molar-refractivity contribution is 7.89. The second-order valence-electron chi connectivity index (χ2n) is 4.28. The highest BCUT2D eigenvalue weighted by Gasteiger charge is 2.30. The van der Waals surface area contributed by atoms with Gasteiger partial charge in [0.2, 0.25) is 0 Å². The summed E-state index contributed by atoms with van der Waals surface area (Å²) in [5.74, 6) is 0. The molecule has 0 aliphatic heterocycles. The summed E-state index contributed by atoms with van der Waals surface area (Å²) in [4.78, 5) is 4.07. The van der Waals surface area contributed by atoms with E-state index in [1.807, 2.05) is 0 Å². The zero-order chi connectivity index (χ0) is 15.5. The van der Waals surface area contributed by atoms with Gasteiger partial charge in [-0.2, -0.15) is 4.31 Å². The summed E-state index contributed by atoms with van der Waals surface area (Å²) in [6.07, 6.45) is 3.13. The molecule has 0 aliphatic carbocycles. The van der Waals surface area contributed by atoms with Crippen molar-refractivity contribution in [2.24, 2.45) is 0 Å². The van der Waals surface area contributed by atoms with Crippen LogP contribution in [0.1, 0.15) is 0 Å². The van der Waals surface area contributed by atoms with E-state index in [9.17, 15) is 8.42 Å². The molecule has 0 saturated carbocycles. The summed E-state index contributed by atoms with van der Waals surface area (Å²) in [5.41, 5.74) is 0.478. The van der Waals surface area contributed by atoms with Crippen molar-refractivity contribution >= 4 is 27.3 Å². The minimum Gasteiger partial charge on any atom is -0.383 e. The van der Waals surface area contributed by atoms with Crippen LogP contribution < -0.4 is 0 Å². The highest BCUT2D eigenvalue weighted by atomic mass is 35.5. The second-order valence-corrected chi connectivity index (χ2v) is 6.49. The quantitative estimate of drug-likeness (QED) is 0.727. The van der Waals surface area contributed by atoms with Gasteiger partial charge in [-0.3, -0.25) is 4.40 Å². The molecule has 21 heavy (non-hydrogen) atoms. The van der Waals surface area contributed by atoms with Gasteiger partial charge < -0.3 is 4.74 Å². The largest absolute Gasteiger partial charge is 0.383 e. The number of hydrogen-bond acceptors (Lipinski definition) is 4. The number of pyridine rings is 1. The summed E-state index contributed by atoms with van der Waals surface area (Å²) < 4.78 is 33.3. The van der Waals surface area contributed by atoms with E-state index in [1.165, 1.54) is 21.9 Å². The number of rotatable bonds is 7. The standard InChI is InChI=1S/C13H16ClN3O3S/c1-3-7-16(9-10-20-2)21(18,19)13-12(14)15-11-6-4-5-8-17(11)13/h3-6,8H,1,7,9-10H2,2H3. The van der Waals surface area contributed by atoms with Crippen LogP contribution in [0.4, 0.5) is 0 Å². The number of aromatic nitrogens is 2. The van der Waals surface area contributed by atoms with Crippen molar-refractivity contribution in [1.29, 1.82) is 0 Å². The first-order chi connectivity index (χ1) is 10.0. The van der Waals surface area contributed by atoms with Crippen molar-refractivity contribution in [3.8, 4) is 0 Å². The molecular weight excluding hydrogens is 314 g/mol. The molecule has 8 heteroatoms. The number of imidazole rings is 1. The van der Waals surface area contributed by atoms with Gasteiger partial charge in [-0.1, -0.05) is 23.7 Å². The molecule has 0 radical (unpaired) electrons. The minimum absolute atomic E-state index is 0.0438. The second kappa shape index (κ2) is 6.57. The maximum absolute atomic E-state index is 12.8. The summed E-state index contributed by atoms with van der Waals surface area (Å²) in [5, 5.41) is -0.0922. The fourth-order valence-corrected chi connectivity index (χ4v) is 3.94. The van der Waals surface area contributed by atoms with E-state index in [4.69, 9.17) is 16.3 Å². The number of methoxy groups -OCH3 is 1. The fourth-order valence-electron chi connectivity index (χ4n) is 1.94. The number of nitrogens with zero attached hydrogens (tertiary/aromatic N) is 3. The number of sulfonamides is 1. The number of hydrogen-bond donors (Lipinski definition) is 0. The topological polar surface area (TPSA) is 63.9 Å². The van der Waals surface area contributed by atoms with Crippen LogP contribution in [0.2, 0.25) is 5.15 Å². The Kier molecular flexibility index (Phi) is 5.00. The lowest BCUT2D eigenvalue weighted by molar-refractivity contribution is 0.182. The minimum atomic E-state index is -3.80. The van der Waals surface area contributed by atoms with Gasteiger partial charge in [0.15, 0.2) is 10.2 Å². The van der Waals surface area contributed by atoms with Gasteiger partial charge in [-0.05, 0) is 12.1 Å². The van der Waals surface area contributed by atoms with Crippen LogP contribution >= 0.6 is 11.6 Å². The molecule has 0 aliphatic rings.